The van der Waals surface area contributed by atoms with Gasteiger partial charge in [-0.25, -0.2) is 0 Å². The van der Waals surface area contributed by atoms with Gasteiger partial charge in [0.25, 0.3) is 0 Å². The lowest BCUT2D eigenvalue weighted by Gasteiger charge is -2.39. The molecule has 0 saturated carbocycles. The minimum atomic E-state index is -0.673. The fraction of sp³-hybridized carbons (Fsp3) is 0.667. The van der Waals surface area contributed by atoms with E-state index < -0.39 is 5.97 Å². The number of carboxylic acid groups (broad SMARTS) is 1. The van der Waals surface area contributed by atoms with E-state index in [4.69, 9.17) is 0 Å². The van der Waals surface area contributed by atoms with E-state index in [2.05, 4.69) is 39.8 Å². The molecule has 0 heterocycles. The smallest absolute Gasteiger partial charge is 0.311 e. The molecule has 0 amide bonds. The third-order valence-electron chi connectivity index (χ3n) is 4.17. The van der Waals surface area contributed by atoms with Crippen LogP contribution in [0.4, 0.5) is 0 Å². The summed E-state index contributed by atoms with van der Waals surface area (Å²) in [5.41, 5.74) is 2.20. The van der Waals surface area contributed by atoms with Crippen molar-refractivity contribution in [1.82, 2.24) is 0 Å². The van der Waals surface area contributed by atoms with Crippen molar-refractivity contribution >= 4 is 5.97 Å². The third-order valence-corrected chi connectivity index (χ3v) is 4.17. The topological polar surface area (TPSA) is 37.3 Å². The molecule has 2 nitrogen and oxygen atoms in total. The van der Waals surface area contributed by atoms with Gasteiger partial charge in [0.05, 0.1) is 5.92 Å². The molecule has 1 N–H and O–H groups in total. The van der Waals surface area contributed by atoms with Crippen LogP contribution in [0, 0.1) is 11.3 Å². The van der Waals surface area contributed by atoms with E-state index in [9.17, 15) is 9.90 Å². The van der Waals surface area contributed by atoms with Crippen LogP contribution >= 0.6 is 0 Å². The molecule has 1 unspecified atom stereocenters. The molecule has 1 rings (SSSR count). The van der Waals surface area contributed by atoms with Gasteiger partial charge in [0.1, 0.15) is 0 Å². The fourth-order valence-electron chi connectivity index (χ4n) is 2.96. The van der Waals surface area contributed by atoms with Crippen LogP contribution in [0.2, 0.25) is 0 Å². The number of carboxylic acids is 1. The molecular weight excluding hydrogens is 212 g/mol. The second-order valence-electron chi connectivity index (χ2n) is 4.86. The van der Waals surface area contributed by atoms with Crippen molar-refractivity contribution in [3.63, 3.8) is 0 Å². The van der Waals surface area contributed by atoms with Crippen molar-refractivity contribution in [3.05, 3.63) is 23.3 Å². The van der Waals surface area contributed by atoms with E-state index >= 15 is 0 Å². The normalized spacial score (nSPS) is 22.9. The van der Waals surface area contributed by atoms with Gasteiger partial charge in [-0.3, -0.25) is 4.79 Å². The summed E-state index contributed by atoms with van der Waals surface area (Å²) in [5, 5.41) is 9.53. The molecule has 0 fully saturated rings. The van der Waals surface area contributed by atoms with Crippen LogP contribution in [0.15, 0.2) is 23.3 Å². The van der Waals surface area contributed by atoms with Crippen molar-refractivity contribution in [2.24, 2.45) is 11.3 Å². The Labute approximate surface area is 104 Å². The highest BCUT2D eigenvalue weighted by atomic mass is 16.4. The lowest BCUT2D eigenvalue weighted by Crippen LogP contribution is -2.37. The first-order chi connectivity index (χ1) is 8.04. The first-order valence-corrected chi connectivity index (χ1v) is 6.69. The zero-order valence-electron chi connectivity index (χ0n) is 11.4. The van der Waals surface area contributed by atoms with E-state index in [1.807, 2.05) is 0 Å². The van der Waals surface area contributed by atoms with Gasteiger partial charge in [0.15, 0.2) is 0 Å². The molecule has 96 valence electrons. The van der Waals surface area contributed by atoms with Gasteiger partial charge in [-0.1, -0.05) is 51.0 Å². The van der Waals surface area contributed by atoms with Crippen LogP contribution < -0.4 is 0 Å². The number of allylic oxidation sites excluding steroid dienone is 3. The van der Waals surface area contributed by atoms with Gasteiger partial charge in [-0.05, 0) is 25.7 Å². The van der Waals surface area contributed by atoms with E-state index in [1.54, 1.807) is 0 Å². The Morgan fingerprint density at radius 2 is 1.82 bits per heavy atom. The zero-order chi connectivity index (χ0) is 13.1. The van der Waals surface area contributed by atoms with Crippen molar-refractivity contribution in [2.45, 2.75) is 53.4 Å². The molecule has 0 aliphatic heterocycles. The minimum absolute atomic E-state index is 0.183. The van der Waals surface area contributed by atoms with Gasteiger partial charge < -0.3 is 5.11 Å². The highest BCUT2D eigenvalue weighted by Gasteiger charge is 2.42. The lowest BCUT2D eigenvalue weighted by atomic mass is 9.64. The fourth-order valence-corrected chi connectivity index (χ4v) is 2.96. The summed E-state index contributed by atoms with van der Waals surface area (Å²) in [7, 11) is 0. The maximum Gasteiger partial charge on any atom is 0.311 e. The van der Waals surface area contributed by atoms with E-state index in [0.717, 1.165) is 31.3 Å². The quantitative estimate of drug-likeness (QED) is 0.777. The first-order valence-electron chi connectivity index (χ1n) is 6.69. The molecule has 0 radical (unpaired) electrons. The molecule has 17 heavy (non-hydrogen) atoms. The van der Waals surface area contributed by atoms with Crippen molar-refractivity contribution in [3.8, 4) is 0 Å². The largest absolute Gasteiger partial charge is 0.481 e. The minimum Gasteiger partial charge on any atom is -0.481 e. The molecule has 0 saturated heterocycles. The summed E-state index contributed by atoms with van der Waals surface area (Å²) >= 11 is 0. The van der Waals surface area contributed by atoms with E-state index in [-0.39, 0.29) is 11.3 Å². The Morgan fingerprint density at radius 3 is 2.18 bits per heavy atom. The molecule has 1 aliphatic carbocycles. The van der Waals surface area contributed by atoms with E-state index in [1.165, 1.54) is 5.57 Å². The van der Waals surface area contributed by atoms with Crippen molar-refractivity contribution in [1.29, 1.82) is 0 Å². The summed E-state index contributed by atoms with van der Waals surface area (Å²) in [4.78, 5) is 11.6. The van der Waals surface area contributed by atoms with Crippen LogP contribution in [-0.4, -0.2) is 11.1 Å². The summed E-state index contributed by atoms with van der Waals surface area (Å²) in [6.45, 7) is 8.38. The highest BCUT2D eigenvalue weighted by molar-refractivity contribution is 5.76. The number of hydrogen-bond acceptors (Lipinski definition) is 1. The van der Waals surface area contributed by atoms with Gasteiger partial charge in [-0.2, -0.15) is 0 Å². The van der Waals surface area contributed by atoms with Crippen LogP contribution in [0.25, 0.3) is 0 Å². The molecule has 1 atom stereocenters. The Hall–Kier alpha value is -1.05. The van der Waals surface area contributed by atoms with Crippen LogP contribution in [0.3, 0.4) is 0 Å². The van der Waals surface area contributed by atoms with Gasteiger partial charge >= 0.3 is 5.97 Å². The second kappa shape index (κ2) is 5.52. The molecule has 0 aromatic heterocycles. The average molecular weight is 236 g/mol. The Bertz CT molecular complexity index is 346. The number of hydrogen-bond donors (Lipinski definition) is 1. The number of carbonyl (C=O) groups is 1. The molecule has 2 heteroatoms. The van der Waals surface area contributed by atoms with Crippen LogP contribution in [0.5, 0.6) is 0 Å². The van der Waals surface area contributed by atoms with Crippen LogP contribution in [0.1, 0.15) is 53.4 Å². The number of aliphatic carboxylic acids is 1. The second-order valence-corrected chi connectivity index (χ2v) is 4.86. The summed E-state index contributed by atoms with van der Waals surface area (Å²) in [6, 6.07) is 0. The van der Waals surface area contributed by atoms with Gasteiger partial charge in [0.2, 0.25) is 0 Å². The lowest BCUT2D eigenvalue weighted by molar-refractivity contribution is -0.144. The predicted molar refractivity (Wildman–Crippen MR) is 70.9 cm³/mol. The maximum absolute atomic E-state index is 11.6. The predicted octanol–water partition coefficient (Wildman–Crippen LogP) is 4.18. The molecule has 0 aromatic carbocycles. The summed E-state index contributed by atoms with van der Waals surface area (Å²) < 4.78 is 0. The summed E-state index contributed by atoms with van der Waals surface area (Å²) in [5.74, 6) is -1.01. The standard InChI is InChI=1S/C15H24O2/c1-5-11-9-12(6-2)13(14(16)17)15(7-3,8-4)10-11/h9-10,13H,5-8H2,1-4H3,(H,16,17). The average Bonchev–Trinajstić information content (AvgIpc) is 2.36. The Kier molecular flexibility index (Phi) is 4.55. The van der Waals surface area contributed by atoms with Crippen molar-refractivity contribution in [2.75, 3.05) is 0 Å². The summed E-state index contributed by atoms with van der Waals surface area (Å²) in [6.07, 6.45) is 7.91. The van der Waals surface area contributed by atoms with Gasteiger partial charge in [-0.15, -0.1) is 0 Å². The third kappa shape index (κ3) is 2.46. The SMILES string of the molecule is CCC1=CC(CC)(CC)C(C(=O)O)C(CC)=C1. The maximum atomic E-state index is 11.6. The number of rotatable bonds is 5. The zero-order valence-corrected chi connectivity index (χ0v) is 11.4. The highest BCUT2D eigenvalue weighted by Crippen LogP contribution is 2.46. The van der Waals surface area contributed by atoms with E-state index in [0.29, 0.717) is 0 Å². The van der Waals surface area contributed by atoms with Crippen molar-refractivity contribution < 1.29 is 9.90 Å². The van der Waals surface area contributed by atoms with Gasteiger partial charge in [0, 0.05) is 5.41 Å². The molecular formula is C15H24O2. The Balaban J connectivity index is 3.29. The molecule has 0 bridgehead atoms. The molecule has 1 aliphatic rings. The monoisotopic (exact) mass is 236 g/mol. The molecule has 0 aromatic rings. The molecule has 0 spiro atoms. The first kappa shape index (κ1) is 14.0. The van der Waals surface area contributed by atoms with Crippen LogP contribution in [-0.2, 0) is 4.79 Å². The Morgan fingerprint density at radius 1 is 1.24 bits per heavy atom.